The van der Waals surface area contributed by atoms with Crippen LogP contribution in [0.15, 0.2) is 11.4 Å². The quantitative estimate of drug-likeness (QED) is 0.873. The lowest BCUT2D eigenvalue weighted by Gasteiger charge is -2.10. The number of nitrogens with one attached hydrogen (secondary N) is 1. The van der Waals surface area contributed by atoms with E-state index in [9.17, 15) is 0 Å². The second kappa shape index (κ2) is 5.55. The van der Waals surface area contributed by atoms with Crippen molar-refractivity contribution in [3.63, 3.8) is 0 Å². The van der Waals surface area contributed by atoms with Gasteiger partial charge < -0.3 is 11.1 Å². The Kier molecular flexibility index (Phi) is 4.06. The molecule has 0 saturated heterocycles. The van der Waals surface area contributed by atoms with Gasteiger partial charge in [0.1, 0.15) is 10.6 Å². The highest BCUT2D eigenvalue weighted by Gasteiger charge is 2.07. The highest BCUT2D eigenvalue weighted by atomic mass is 32.2. The summed E-state index contributed by atoms with van der Waals surface area (Å²) >= 11 is 3.46. The molecule has 0 bridgehead atoms. The molecule has 2 aromatic rings. The van der Waals surface area contributed by atoms with Gasteiger partial charge in [-0.05, 0) is 24.1 Å². The highest BCUT2D eigenvalue weighted by molar-refractivity contribution is 7.99. The summed E-state index contributed by atoms with van der Waals surface area (Å²) in [4.78, 5) is 9.39. The average molecular weight is 268 g/mol. The van der Waals surface area contributed by atoms with E-state index < -0.39 is 0 Å². The molecule has 0 radical (unpaired) electrons. The van der Waals surface area contributed by atoms with Crippen LogP contribution in [0.2, 0.25) is 0 Å². The molecular formula is C11H16N4S2. The monoisotopic (exact) mass is 268 g/mol. The van der Waals surface area contributed by atoms with Crippen LogP contribution in [0, 0.1) is 0 Å². The van der Waals surface area contributed by atoms with Crippen LogP contribution in [0.3, 0.4) is 0 Å². The van der Waals surface area contributed by atoms with Crippen LogP contribution >= 0.6 is 23.1 Å². The van der Waals surface area contributed by atoms with Crippen LogP contribution in [0.25, 0.3) is 10.2 Å². The van der Waals surface area contributed by atoms with E-state index in [1.807, 2.05) is 23.2 Å². The smallest absolute Gasteiger partial charge is 0.223 e. The largest absolute Gasteiger partial charge is 0.369 e. The number of aromatic nitrogens is 2. The number of nitrogens with zero attached hydrogens (tertiary/aromatic N) is 2. The number of anilines is 2. The summed E-state index contributed by atoms with van der Waals surface area (Å²) in [5.41, 5.74) is 5.68. The molecule has 2 heterocycles. The molecule has 0 aliphatic rings. The molecule has 1 atom stereocenters. The van der Waals surface area contributed by atoms with Gasteiger partial charge in [0.25, 0.3) is 0 Å². The SMILES string of the molecule is CSC(C)CCNc1nc(N)nc2sccc12. The minimum absolute atomic E-state index is 0.334. The zero-order valence-corrected chi connectivity index (χ0v) is 11.6. The summed E-state index contributed by atoms with van der Waals surface area (Å²) < 4.78 is 0. The van der Waals surface area contributed by atoms with Gasteiger partial charge in [-0.2, -0.15) is 16.7 Å². The number of hydrogen-bond donors (Lipinski definition) is 2. The van der Waals surface area contributed by atoms with E-state index in [1.165, 1.54) is 0 Å². The van der Waals surface area contributed by atoms with Crippen molar-refractivity contribution in [1.82, 2.24) is 9.97 Å². The number of fused-ring (bicyclic) bond motifs is 1. The first-order valence-electron chi connectivity index (χ1n) is 5.48. The lowest BCUT2D eigenvalue weighted by Crippen LogP contribution is -2.10. The summed E-state index contributed by atoms with van der Waals surface area (Å²) in [6.45, 7) is 3.13. The first kappa shape index (κ1) is 12.4. The van der Waals surface area contributed by atoms with Gasteiger partial charge in [-0.3, -0.25) is 0 Å². The Morgan fingerprint density at radius 2 is 2.35 bits per heavy atom. The first-order valence-corrected chi connectivity index (χ1v) is 7.65. The molecule has 1 unspecified atom stereocenters. The molecule has 2 aromatic heterocycles. The van der Waals surface area contributed by atoms with Crippen molar-refractivity contribution in [2.24, 2.45) is 0 Å². The molecule has 17 heavy (non-hydrogen) atoms. The zero-order chi connectivity index (χ0) is 12.3. The van der Waals surface area contributed by atoms with Crippen LogP contribution in [0.4, 0.5) is 11.8 Å². The average Bonchev–Trinajstić information content (AvgIpc) is 2.76. The van der Waals surface area contributed by atoms with Crippen LogP contribution in [0.1, 0.15) is 13.3 Å². The standard InChI is InChI=1S/C11H16N4S2/c1-7(16-2)3-5-13-9-8-4-6-17-10(8)15-11(12)14-9/h4,6-7H,3,5H2,1-2H3,(H3,12,13,14,15). The van der Waals surface area contributed by atoms with E-state index in [0.29, 0.717) is 11.2 Å². The molecule has 2 rings (SSSR count). The fraction of sp³-hybridized carbons (Fsp3) is 0.455. The van der Waals surface area contributed by atoms with Crippen molar-refractivity contribution in [2.75, 3.05) is 23.9 Å². The minimum Gasteiger partial charge on any atom is -0.369 e. The van der Waals surface area contributed by atoms with Crippen molar-refractivity contribution in [2.45, 2.75) is 18.6 Å². The maximum Gasteiger partial charge on any atom is 0.223 e. The number of thioether (sulfide) groups is 1. The topological polar surface area (TPSA) is 63.8 Å². The van der Waals surface area contributed by atoms with Gasteiger partial charge >= 0.3 is 0 Å². The molecule has 4 nitrogen and oxygen atoms in total. The van der Waals surface area contributed by atoms with Gasteiger partial charge in [0.2, 0.25) is 5.95 Å². The molecule has 0 aliphatic carbocycles. The number of nitrogen functional groups attached to an aromatic ring is 1. The summed E-state index contributed by atoms with van der Waals surface area (Å²) in [6.07, 6.45) is 3.24. The Morgan fingerprint density at radius 3 is 3.12 bits per heavy atom. The van der Waals surface area contributed by atoms with E-state index in [1.54, 1.807) is 11.3 Å². The Morgan fingerprint density at radius 1 is 1.53 bits per heavy atom. The molecular weight excluding hydrogens is 252 g/mol. The van der Waals surface area contributed by atoms with Crippen LogP contribution in [-0.2, 0) is 0 Å². The second-order valence-corrected chi connectivity index (χ2v) is 6.00. The third-order valence-corrected chi connectivity index (χ3v) is 4.44. The Balaban J connectivity index is 2.09. The van der Waals surface area contributed by atoms with Crippen molar-refractivity contribution >= 4 is 45.1 Å². The fourth-order valence-corrected chi connectivity index (χ4v) is 2.64. The predicted octanol–water partition coefficient (Wildman–Crippen LogP) is 2.83. The van der Waals surface area contributed by atoms with Crippen LogP contribution in [-0.4, -0.2) is 28.0 Å². The Bertz CT molecular complexity index is 497. The maximum atomic E-state index is 5.68. The number of rotatable bonds is 5. The zero-order valence-electron chi connectivity index (χ0n) is 9.93. The van der Waals surface area contributed by atoms with Crippen LogP contribution in [0.5, 0.6) is 0 Å². The highest BCUT2D eigenvalue weighted by Crippen LogP contribution is 2.25. The molecule has 3 N–H and O–H groups in total. The molecule has 0 aliphatic heterocycles. The van der Waals surface area contributed by atoms with Gasteiger partial charge in [-0.1, -0.05) is 6.92 Å². The number of hydrogen-bond acceptors (Lipinski definition) is 6. The molecule has 0 amide bonds. The van der Waals surface area contributed by atoms with Crippen molar-refractivity contribution in [1.29, 1.82) is 0 Å². The number of thiophene rings is 1. The van der Waals surface area contributed by atoms with Crippen molar-refractivity contribution in [3.05, 3.63) is 11.4 Å². The third-order valence-electron chi connectivity index (χ3n) is 2.59. The van der Waals surface area contributed by atoms with Crippen molar-refractivity contribution in [3.8, 4) is 0 Å². The molecule has 0 fully saturated rings. The minimum atomic E-state index is 0.334. The molecule has 0 aromatic carbocycles. The van der Waals surface area contributed by atoms with Crippen molar-refractivity contribution < 1.29 is 0 Å². The molecule has 0 spiro atoms. The summed E-state index contributed by atoms with van der Waals surface area (Å²) in [7, 11) is 0. The summed E-state index contributed by atoms with van der Waals surface area (Å²) in [5, 5.41) is 7.06. The normalized spacial score (nSPS) is 12.8. The van der Waals surface area contributed by atoms with Crippen LogP contribution < -0.4 is 11.1 Å². The third kappa shape index (κ3) is 3.01. The maximum absolute atomic E-state index is 5.68. The van der Waals surface area contributed by atoms with E-state index in [4.69, 9.17) is 5.73 Å². The number of nitrogens with two attached hydrogens (primary N) is 1. The van der Waals surface area contributed by atoms with Gasteiger partial charge in [0, 0.05) is 11.8 Å². The van der Waals surface area contributed by atoms with Gasteiger partial charge in [-0.25, -0.2) is 4.98 Å². The summed E-state index contributed by atoms with van der Waals surface area (Å²) in [5.74, 6) is 1.18. The van der Waals surface area contributed by atoms with E-state index in [-0.39, 0.29) is 0 Å². The Hall–Kier alpha value is -1.01. The van der Waals surface area contributed by atoms with E-state index in [2.05, 4.69) is 28.5 Å². The predicted molar refractivity (Wildman–Crippen MR) is 77.9 cm³/mol. The Labute approximate surface area is 109 Å². The molecule has 92 valence electrons. The molecule has 0 saturated carbocycles. The lowest BCUT2D eigenvalue weighted by atomic mass is 10.3. The summed E-state index contributed by atoms with van der Waals surface area (Å²) in [6, 6.07) is 2.03. The fourth-order valence-electron chi connectivity index (χ4n) is 1.52. The second-order valence-electron chi connectivity index (χ2n) is 3.83. The van der Waals surface area contributed by atoms with E-state index in [0.717, 1.165) is 29.0 Å². The van der Waals surface area contributed by atoms with Gasteiger partial charge in [0.05, 0.1) is 5.39 Å². The van der Waals surface area contributed by atoms with E-state index >= 15 is 0 Å². The lowest BCUT2D eigenvalue weighted by molar-refractivity contribution is 0.851. The van der Waals surface area contributed by atoms with Gasteiger partial charge in [-0.15, -0.1) is 11.3 Å². The first-order chi connectivity index (χ1) is 8.20. The van der Waals surface area contributed by atoms with Gasteiger partial charge in [0.15, 0.2) is 0 Å². The molecule has 6 heteroatoms.